The molecule has 102 valence electrons. The van der Waals surface area contributed by atoms with E-state index >= 15 is 0 Å². The van der Waals surface area contributed by atoms with Crippen molar-refractivity contribution in [3.05, 3.63) is 22.7 Å². The van der Waals surface area contributed by atoms with Crippen molar-refractivity contribution in [2.45, 2.75) is 26.4 Å². The molecular formula is C13H19ClFNO2. The van der Waals surface area contributed by atoms with Crippen LogP contribution in [0.5, 0.6) is 11.5 Å². The zero-order valence-electron chi connectivity index (χ0n) is 10.9. The molecule has 1 aromatic carbocycles. The van der Waals surface area contributed by atoms with Crippen LogP contribution in [0.2, 0.25) is 5.02 Å². The molecule has 18 heavy (non-hydrogen) atoms. The molecule has 5 heteroatoms. The molecule has 0 aliphatic carbocycles. The first-order chi connectivity index (χ1) is 8.58. The second-order valence-corrected chi connectivity index (χ2v) is 4.59. The number of halogens is 2. The number of rotatable bonds is 7. The maximum atomic E-state index is 12.1. The molecule has 0 bridgehead atoms. The molecule has 0 radical (unpaired) electrons. The molecule has 0 atom stereocenters. The van der Waals surface area contributed by atoms with Gasteiger partial charge in [-0.15, -0.1) is 0 Å². The van der Waals surface area contributed by atoms with E-state index in [-0.39, 0.29) is 6.61 Å². The lowest BCUT2D eigenvalue weighted by Crippen LogP contribution is -2.21. The monoisotopic (exact) mass is 275 g/mol. The van der Waals surface area contributed by atoms with Crippen molar-refractivity contribution in [1.29, 1.82) is 0 Å². The van der Waals surface area contributed by atoms with Gasteiger partial charge < -0.3 is 14.8 Å². The summed E-state index contributed by atoms with van der Waals surface area (Å²) in [6.45, 7) is 4.24. The van der Waals surface area contributed by atoms with Gasteiger partial charge in [-0.2, -0.15) is 0 Å². The van der Waals surface area contributed by atoms with Crippen LogP contribution in [-0.2, 0) is 6.54 Å². The van der Waals surface area contributed by atoms with E-state index in [1.807, 2.05) is 6.07 Å². The van der Waals surface area contributed by atoms with Crippen LogP contribution < -0.4 is 14.8 Å². The highest BCUT2D eigenvalue weighted by atomic mass is 35.5. The molecule has 1 rings (SSSR count). The molecule has 0 saturated heterocycles. The Labute approximate surface area is 112 Å². The molecule has 0 unspecified atom stereocenters. The van der Waals surface area contributed by atoms with Gasteiger partial charge in [-0.05, 0) is 17.7 Å². The fourth-order valence-electron chi connectivity index (χ4n) is 1.48. The second-order valence-electron chi connectivity index (χ2n) is 4.18. The summed E-state index contributed by atoms with van der Waals surface area (Å²) in [6, 6.07) is 4.03. The minimum absolute atomic E-state index is 0.0281. The van der Waals surface area contributed by atoms with Crippen molar-refractivity contribution < 1.29 is 13.9 Å². The van der Waals surface area contributed by atoms with E-state index in [1.54, 1.807) is 6.07 Å². The molecule has 1 N–H and O–H groups in total. The van der Waals surface area contributed by atoms with Gasteiger partial charge in [0, 0.05) is 12.6 Å². The van der Waals surface area contributed by atoms with E-state index in [9.17, 15) is 4.39 Å². The normalized spacial score (nSPS) is 10.8. The third kappa shape index (κ3) is 4.35. The van der Waals surface area contributed by atoms with Crippen molar-refractivity contribution in [1.82, 2.24) is 5.32 Å². The van der Waals surface area contributed by atoms with Crippen molar-refractivity contribution >= 4 is 11.6 Å². The molecule has 3 nitrogen and oxygen atoms in total. The standard InChI is InChI=1S/C13H19ClFNO2/c1-9(2)16-8-10-6-11(14)13(18-5-4-15)12(7-10)17-3/h6-7,9,16H,4-5,8H2,1-3H3. The van der Waals surface area contributed by atoms with Crippen LogP contribution in [0.25, 0.3) is 0 Å². The molecule has 0 aliphatic heterocycles. The van der Waals surface area contributed by atoms with Gasteiger partial charge in [-0.3, -0.25) is 0 Å². The van der Waals surface area contributed by atoms with E-state index in [0.29, 0.717) is 29.1 Å². The SMILES string of the molecule is COc1cc(CNC(C)C)cc(Cl)c1OCCF. The zero-order valence-corrected chi connectivity index (χ0v) is 11.7. The third-order valence-corrected chi connectivity index (χ3v) is 2.61. The Hall–Kier alpha value is -1.00. The average molecular weight is 276 g/mol. The maximum Gasteiger partial charge on any atom is 0.179 e. The third-order valence-electron chi connectivity index (χ3n) is 2.33. The molecule has 0 heterocycles. The molecule has 0 aliphatic rings. The maximum absolute atomic E-state index is 12.1. The Morgan fingerprint density at radius 2 is 2.11 bits per heavy atom. The Bertz CT molecular complexity index is 385. The molecule has 0 saturated carbocycles. The lowest BCUT2D eigenvalue weighted by molar-refractivity contribution is 0.260. The quantitative estimate of drug-likeness (QED) is 0.829. The van der Waals surface area contributed by atoms with E-state index in [0.717, 1.165) is 5.56 Å². The lowest BCUT2D eigenvalue weighted by Gasteiger charge is -2.14. The largest absolute Gasteiger partial charge is 0.493 e. The highest BCUT2D eigenvalue weighted by Crippen LogP contribution is 2.36. The number of ether oxygens (including phenoxy) is 2. The number of hydrogen-bond acceptors (Lipinski definition) is 3. The summed E-state index contributed by atoms with van der Waals surface area (Å²) in [6.07, 6.45) is 0. The average Bonchev–Trinajstić information content (AvgIpc) is 2.34. The van der Waals surface area contributed by atoms with Crippen molar-refractivity contribution in [2.24, 2.45) is 0 Å². The number of hydrogen-bond donors (Lipinski definition) is 1. The van der Waals surface area contributed by atoms with E-state index in [1.165, 1.54) is 7.11 Å². The van der Waals surface area contributed by atoms with Gasteiger partial charge in [0.05, 0.1) is 12.1 Å². The minimum Gasteiger partial charge on any atom is -0.493 e. The van der Waals surface area contributed by atoms with E-state index in [2.05, 4.69) is 19.2 Å². The highest BCUT2D eigenvalue weighted by molar-refractivity contribution is 6.32. The van der Waals surface area contributed by atoms with Gasteiger partial charge in [0.15, 0.2) is 11.5 Å². The van der Waals surface area contributed by atoms with Crippen LogP contribution in [0.1, 0.15) is 19.4 Å². The molecule has 0 fully saturated rings. The van der Waals surface area contributed by atoms with Crippen LogP contribution in [0.15, 0.2) is 12.1 Å². The van der Waals surface area contributed by atoms with Crippen LogP contribution in [0.4, 0.5) is 4.39 Å². The molecule has 1 aromatic rings. The number of benzene rings is 1. The smallest absolute Gasteiger partial charge is 0.179 e. The van der Waals surface area contributed by atoms with Crippen LogP contribution in [-0.4, -0.2) is 26.4 Å². The summed E-state index contributed by atoms with van der Waals surface area (Å²) in [5.74, 6) is 0.918. The van der Waals surface area contributed by atoms with Crippen molar-refractivity contribution in [3.63, 3.8) is 0 Å². The predicted octanol–water partition coefficient (Wildman–Crippen LogP) is 3.19. The molecule has 0 spiro atoms. The van der Waals surface area contributed by atoms with Crippen molar-refractivity contribution in [3.8, 4) is 11.5 Å². The zero-order chi connectivity index (χ0) is 13.5. The van der Waals surface area contributed by atoms with Gasteiger partial charge in [0.2, 0.25) is 0 Å². The van der Waals surface area contributed by atoms with Gasteiger partial charge in [0.25, 0.3) is 0 Å². The second kappa shape index (κ2) is 7.44. The fraction of sp³-hybridized carbons (Fsp3) is 0.538. The number of nitrogens with one attached hydrogen (secondary N) is 1. The van der Waals surface area contributed by atoms with Gasteiger partial charge >= 0.3 is 0 Å². The van der Waals surface area contributed by atoms with Gasteiger partial charge in [-0.1, -0.05) is 25.4 Å². The van der Waals surface area contributed by atoms with E-state index in [4.69, 9.17) is 21.1 Å². The van der Waals surface area contributed by atoms with Crippen LogP contribution >= 0.6 is 11.6 Å². The molecule has 0 aromatic heterocycles. The lowest BCUT2D eigenvalue weighted by atomic mass is 10.2. The highest BCUT2D eigenvalue weighted by Gasteiger charge is 2.12. The Morgan fingerprint density at radius 3 is 2.67 bits per heavy atom. The number of methoxy groups -OCH3 is 1. The summed E-state index contributed by atoms with van der Waals surface area (Å²) in [4.78, 5) is 0. The van der Waals surface area contributed by atoms with Crippen molar-refractivity contribution in [2.75, 3.05) is 20.4 Å². The summed E-state index contributed by atoms with van der Waals surface area (Å²) in [5, 5.41) is 3.72. The first-order valence-corrected chi connectivity index (χ1v) is 6.24. The molecule has 0 amide bonds. The fourth-order valence-corrected chi connectivity index (χ4v) is 1.77. The number of alkyl halides is 1. The summed E-state index contributed by atoms with van der Waals surface area (Å²) < 4.78 is 22.6. The first-order valence-electron chi connectivity index (χ1n) is 5.87. The van der Waals surface area contributed by atoms with Crippen LogP contribution in [0.3, 0.4) is 0 Å². The van der Waals surface area contributed by atoms with Gasteiger partial charge in [-0.25, -0.2) is 4.39 Å². The van der Waals surface area contributed by atoms with E-state index < -0.39 is 6.67 Å². The van der Waals surface area contributed by atoms with Crippen LogP contribution in [0, 0.1) is 0 Å². The Morgan fingerprint density at radius 1 is 1.39 bits per heavy atom. The predicted molar refractivity (Wildman–Crippen MR) is 71.4 cm³/mol. The Balaban J connectivity index is 2.88. The summed E-state index contributed by atoms with van der Waals surface area (Å²) in [7, 11) is 1.54. The van der Waals surface area contributed by atoms with Gasteiger partial charge in [0.1, 0.15) is 13.3 Å². The first kappa shape index (κ1) is 15.1. The summed E-state index contributed by atoms with van der Waals surface area (Å²) >= 11 is 6.11. The topological polar surface area (TPSA) is 30.5 Å². The minimum atomic E-state index is -0.559. The summed E-state index contributed by atoms with van der Waals surface area (Å²) in [5.41, 5.74) is 0.998. The molecular weight excluding hydrogens is 257 g/mol. The Kier molecular flexibility index (Phi) is 6.22.